The Balaban J connectivity index is 2.21. The minimum atomic E-state index is -0.478. The lowest BCUT2D eigenvalue weighted by Gasteiger charge is -2.32. The van der Waals surface area contributed by atoms with Gasteiger partial charge >= 0.3 is 0 Å². The molecule has 1 N–H and O–H groups in total. The molecule has 1 atom stereocenters. The van der Waals surface area contributed by atoms with Crippen molar-refractivity contribution in [3.63, 3.8) is 0 Å². The maximum atomic E-state index is 13.4. The highest BCUT2D eigenvalue weighted by Gasteiger charge is 2.26. The Hall–Kier alpha value is -1.30. The largest absolute Gasteiger partial charge is 0.370 e. The van der Waals surface area contributed by atoms with Crippen LogP contribution in [0.2, 0.25) is 0 Å². The molecule has 2 heterocycles. The molecule has 2 rings (SSSR count). The number of nitrogens with zero attached hydrogens (tertiary/aromatic N) is 2. The SMILES string of the molecule is CCNc1ncc(F)cc1C(=O)N1CCSC(CC)C1. The summed E-state index contributed by atoms with van der Waals surface area (Å²) in [6, 6.07) is 1.27. The molecule has 1 aliphatic heterocycles. The van der Waals surface area contributed by atoms with E-state index in [0.29, 0.717) is 29.7 Å². The lowest BCUT2D eigenvalue weighted by atomic mass is 10.2. The monoisotopic (exact) mass is 297 g/mol. The fourth-order valence-corrected chi connectivity index (χ4v) is 3.41. The van der Waals surface area contributed by atoms with E-state index in [1.807, 2.05) is 23.6 Å². The summed E-state index contributed by atoms with van der Waals surface area (Å²) in [5.41, 5.74) is 0.327. The van der Waals surface area contributed by atoms with Crippen molar-refractivity contribution < 1.29 is 9.18 Å². The first-order chi connectivity index (χ1) is 9.65. The molecule has 0 aliphatic carbocycles. The predicted octanol–water partition coefficient (Wildman–Crippen LogP) is 2.62. The topological polar surface area (TPSA) is 45.2 Å². The fourth-order valence-electron chi connectivity index (χ4n) is 2.23. The van der Waals surface area contributed by atoms with Crippen molar-refractivity contribution in [1.82, 2.24) is 9.88 Å². The van der Waals surface area contributed by atoms with Gasteiger partial charge < -0.3 is 10.2 Å². The molecule has 4 nitrogen and oxygen atoms in total. The number of anilines is 1. The second-order valence-electron chi connectivity index (χ2n) is 4.73. The highest BCUT2D eigenvalue weighted by Crippen LogP contribution is 2.24. The second-order valence-corrected chi connectivity index (χ2v) is 6.14. The Morgan fingerprint density at radius 2 is 2.40 bits per heavy atom. The molecule has 1 unspecified atom stereocenters. The maximum absolute atomic E-state index is 13.4. The number of rotatable bonds is 4. The van der Waals surface area contributed by atoms with Gasteiger partial charge in [0.15, 0.2) is 0 Å². The summed E-state index contributed by atoms with van der Waals surface area (Å²) in [5.74, 6) is 0.786. The number of thioether (sulfide) groups is 1. The minimum absolute atomic E-state index is 0.133. The van der Waals surface area contributed by atoms with E-state index in [1.54, 1.807) is 0 Å². The zero-order chi connectivity index (χ0) is 14.5. The van der Waals surface area contributed by atoms with E-state index in [0.717, 1.165) is 24.9 Å². The van der Waals surface area contributed by atoms with Crippen molar-refractivity contribution in [2.75, 3.05) is 30.7 Å². The van der Waals surface area contributed by atoms with Crippen LogP contribution in [0.15, 0.2) is 12.3 Å². The molecule has 1 aromatic rings. The lowest BCUT2D eigenvalue weighted by Crippen LogP contribution is -2.42. The number of carbonyl (C=O) groups is 1. The van der Waals surface area contributed by atoms with Gasteiger partial charge in [0, 0.05) is 30.6 Å². The van der Waals surface area contributed by atoms with Crippen LogP contribution in [-0.4, -0.2) is 46.4 Å². The van der Waals surface area contributed by atoms with Crippen LogP contribution in [0.3, 0.4) is 0 Å². The Labute approximate surface area is 123 Å². The van der Waals surface area contributed by atoms with Gasteiger partial charge in [0.05, 0.1) is 11.8 Å². The molecule has 0 bridgehead atoms. The van der Waals surface area contributed by atoms with Crippen molar-refractivity contribution >= 4 is 23.5 Å². The summed E-state index contributed by atoms with van der Waals surface area (Å²) in [7, 11) is 0. The standard InChI is InChI=1S/C14H20FN3OS/c1-3-11-9-18(5-6-20-11)14(19)12-7-10(15)8-17-13(12)16-4-2/h7-8,11H,3-6,9H2,1-2H3,(H,16,17). The molecule has 0 spiro atoms. The summed E-state index contributed by atoms with van der Waals surface area (Å²) in [4.78, 5) is 18.4. The molecule has 1 fully saturated rings. The quantitative estimate of drug-likeness (QED) is 0.928. The van der Waals surface area contributed by atoms with Gasteiger partial charge in [-0.2, -0.15) is 11.8 Å². The smallest absolute Gasteiger partial charge is 0.257 e. The van der Waals surface area contributed by atoms with Gasteiger partial charge in [-0.15, -0.1) is 0 Å². The average Bonchev–Trinajstić information content (AvgIpc) is 2.48. The number of nitrogens with one attached hydrogen (secondary N) is 1. The van der Waals surface area contributed by atoms with E-state index >= 15 is 0 Å². The van der Waals surface area contributed by atoms with Crippen molar-refractivity contribution in [1.29, 1.82) is 0 Å². The summed E-state index contributed by atoms with van der Waals surface area (Å²) < 4.78 is 13.4. The number of amides is 1. The number of halogens is 1. The van der Waals surface area contributed by atoms with Gasteiger partial charge in [0.1, 0.15) is 11.6 Å². The molecular weight excluding hydrogens is 277 g/mol. The first-order valence-corrected chi connectivity index (χ1v) is 8.00. The molecule has 1 amide bonds. The fraction of sp³-hybridized carbons (Fsp3) is 0.571. The van der Waals surface area contributed by atoms with Crippen molar-refractivity contribution in [2.45, 2.75) is 25.5 Å². The van der Waals surface area contributed by atoms with Crippen LogP contribution in [0.1, 0.15) is 30.6 Å². The van der Waals surface area contributed by atoms with Crippen LogP contribution < -0.4 is 5.32 Å². The molecule has 1 saturated heterocycles. The molecule has 110 valence electrons. The third-order valence-corrected chi connectivity index (χ3v) is 4.68. The Kier molecular flexibility index (Phi) is 5.23. The van der Waals surface area contributed by atoms with Crippen molar-refractivity contribution in [3.8, 4) is 0 Å². The Morgan fingerprint density at radius 1 is 1.60 bits per heavy atom. The summed E-state index contributed by atoms with van der Waals surface area (Å²) in [6.07, 6.45) is 2.17. The van der Waals surface area contributed by atoms with Crippen LogP contribution in [0, 0.1) is 5.82 Å². The van der Waals surface area contributed by atoms with E-state index in [9.17, 15) is 9.18 Å². The third-order valence-electron chi connectivity index (χ3n) is 3.31. The molecule has 1 aromatic heterocycles. The molecule has 6 heteroatoms. The summed E-state index contributed by atoms with van der Waals surface area (Å²) in [5, 5.41) is 3.49. The minimum Gasteiger partial charge on any atom is -0.370 e. The van der Waals surface area contributed by atoms with E-state index in [2.05, 4.69) is 17.2 Å². The zero-order valence-electron chi connectivity index (χ0n) is 11.9. The molecule has 1 aliphatic rings. The van der Waals surface area contributed by atoms with Crippen LogP contribution in [0.4, 0.5) is 10.2 Å². The van der Waals surface area contributed by atoms with Crippen LogP contribution >= 0.6 is 11.8 Å². The van der Waals surface area contributed by atoms with Gasteiger partial charge in [-0.25, -0.2) is 9.37 Å². The van der Waals surface area contributed by atoms with E-state index in [4.69, 9.17) is 0 Å². The maximum Gasteiger partial charge on any atom is 0.257 e. The number of carbonyl (C=O) groups excluding carboxylic acids is 1. The zero-order valence-corrected chi connectivity index (χ0v) is 12.7. The predicted molar refractivity (Wildman–Crippen MR) is 80.8 cm³/mol. The average molecular weight is 297 g/mol. The van der Waals surface area contributed by atoms with E-state index in [-0.39, 0.29) is 5.91 Å². The number of pyridine rings is 1. The number of hydrogen-bond donors (Lipinski definition) is 1. The first kappa shape index (κ1) is 15.1. The van der Waals surface area contributed by atoms with Crippen molar-refractivity contribution in [3.05, 3.63) is 23.6 Å². The molecule has 20 heavy (non-hydrogen) atoms. The lowest BCUT2D eigenvalue weighted by molar-refractivity contribution is 0.0761. The molecular formula is C14H20FN3OS. The second kappa shape index (κ2) is 6.92. The van der Waals surface area contributed by atoms with Crippen LogP contribution in [0.5, 0.6) is 0 Å². The van der Waals surface area contributed by atoms with Crippen LogP contribution in [0.25, 0.3) is 0 Å². The third kappa shape index (κ3) is 3.42. The summed E-state index contributed by atoms with van der Waals surface area (Å²) >= 11 is 1.90. The Bertz CT molecular complexity index is 483. The van der Waals surface area contributed by atoms with Gasteiger partial charge in [0.25, 0.3) is 5.91 Å². The summed E-state index contributed by atoms with van der Waals surface area (Å²) in [6.45, 7) is 6.12. The van der Waals surface area contributed by atoms with Crippen LogP contribution in [-0.2, 0) is 0 Å². The molecule has 0 aromatic carbocycles. The highest BCUT2D eigenvalue weighted by atomic mass is 32.2. The molecule has 0 radical (unpaired) electrons. The van der Waals surface area contributed by atoms with Crippen molar-refractivity contribution in [2.24, 2.45) is 0 Å². The van der Waals surface area contributed by atoms with E-state index < -0.39 is 5.82 Å². The van der Waals surface area contributed by atoms with E-state index in [1.165, 1.54) is 6.07 Å². The number of aromatic nitrogens is 1. The van der Waals surface area contributed by atoms with Gasteiger partial charge in [0.2, 0.25) is 0 Å². The van der Waals surface area contributed by atoms with Gasteiger partial charge in [-0.05, 0) is 19.4 Å². The first-order valence-electron chi connectivity index (χ1n) is 6.96. The van der Waals surface area contributed by atoms with Gasteiger partial charge in [-0.3, -0.25) is 4.79 Å². The van der Waals surface area contributed by atoms with Gasteiger partial charge in [-0.1, -0.05) is 6.92 Å². The Morgan fingerprint density at radius 3 is 3.10 bits per heavy atom. The molecule has 0 saturated carbocycles. The highest BCUT2D eigenvalue weighted by molar-refractivity contribution is 8.00. The number of hydrogen-bond acceptors (Lipinski definition) is 4. The normalized spacial score (nSPS) is 18.9.